The molecular formula is C7H9NO4. The van der Waals surface area contributed by atoms with Crippen molar-refractivity contribution in [2.45, 2.75) is 18.9 Å². The van der Waals surface area contributed by atoms with Crippen LogP contribution in [0.1, 0.15) is 12.8 Å². The first kappa shape index (κ1) is 8.58. The summed E-state index contributed by atoms with van der Waals surface area (Å²) in [6.45, 7) is 0. The highest BCUT2D eigenvalue weighted by Crippen LogP contribution is 2.09. The van der Waals surface area contributed by atoms with E-state index < -0.39 is 18.0 Å². The van der Waals surface area contributed by atoms with E-state index in [1.807, 2.05) is 0 Å². The molecule has 1 aliphatic heterocycles. The number of hydrogen-bond donors (Lipinski definition) is 3. The summed E-state index contributed by atoms with van der Waals surface area (Å²) >= 11 is 0. The maximum atomic E-state index is 10.4. The van der Waals surface area contributed by atoms with E-state index in [2.05, 4.69) is 5.32 Å². The van der Waals surface area contributed by atoms with Crippen LogP contribution in [0.5, 0.6) is 0 Å². The SMILES string of the molecule is O=C(O)C1=CCC[C@@H](C(=O)O)N1. The maximum Gasteiger partial charge on any atom is 0.351 e. The Labute approximate surface area is 68.7 Å². The molecule has 5 heteroatoms. The lowest BCUT2D eigenvalue weighted by molar-refractivity contribution is -0.139. The Balaban J connectivity index is 2.65. The summed E-state index contributed by atoms with van der Waals surface area (Å²) < 4.78 is 0. The molecule has 66 valence electrons. The molecule has 0 saturated heterocycles. The second-order valence-electron chi connectivity index (χ2n) is 2.54. The fourth-order valence-electron chi connectivity index (χ4n) is 1.05. The van der Waals surface area contributed by atoms with Gasteiger partial charge in [0, 0.05) is 0 Å². The minimum Gasteiger partial charge on any atom is -0.480 e. The van der Waals surface area contributed by atoms with E-state index in [0.29, 0.717) is 12.8 Å². The molecule has 0 unspecified atom stereocenters. The number of hydrogen-bond acceptors (Lipinski definition) is 3. The quantitative estimate of drug-likeness (QED) is 0.535. The van der Waals surface area contributed by atoms with Crippen LogP contribution >= 0.6 is 0 Å². The zero-order chi connectivity index (χ0) is 9.14. The minimum absolute atomic E-state index is 0.0198. The van der Waals surface area contributed by atoms with Crippen molar-refractivity contribution in [1.82, 2.24) is 5.32 Å². The number of carbonyl (C=O) groups is 2. The van der Waals surface area contributed by atoms with Gasteiger partial charge in [0.2, 0.25) is 0 Å². The van der Waals surface area contributed by atoms with Crippen molar-refractivity contribution in [1.29, 1.82) is 0 Å². The molecule has 0 aliphatic carbocycles. The molecule has 0 aromatic heterocycles. The van der Waals surface area contributed by atoms with Crippen molar-refractivity contribution in [3.63, 3.8) is 0 Å². The monoisotopic (exact) mass is 171 g/mol. The number of carboxylic acid groups (broad SMARTS) is 2. The van der Waals surface area contributed by atoms with Crippen molar-refractivity contribution in [2.75, 3.05) is 0 Å². The standard InChI is InChI=1S/C7H9NO4/c9-6(10)4-2-1-3-5(8-4)7(11)12/h2,5,8H,1,3H2,(H,9,10)(H,11,12)/t5-/m0/s1. The summed E-state index contributed by atoms with van der Waals surface area (Å²) in [5, 5.41) is 19.5. The highest BCUT2D eigenvalue weighted by molar-refractivity contribution is 5.87. The molecule has 0 spiro atoms. The number of carboxylic acids is 2. The van der Waals surface area contributed by atoms with E-state index in [-0.39, 0.29) is 5.70 Å². The van der Waals surface area contributed by atoms with Gasteiger partial charge < -0.3 is 15.5 Å². The van der Waals surface area contributed by atoms with Gasteiger partial charge in [-0.3, -0.25) is 0 Å². The van der Waals surface area contributed by atoms with E-state index in [1.54, 1.807) is 0 Å². The lowest BCUT2D eigenvalue weighted by Crippen LogP contribution is -2.40. The first-order valence-electron chi connectivity index (χ1n) is 3.54. The molecule has 0 aromatic rings. The van der Waals surface area contributed by atoms with Gasteiger partial charge >= 0.3 is 11.9 Å². The van der Waals surface area contributed by atoms with Crippen LogP contribution in [0.3, 0.4) is 0 Å². The van der Waals surface area contributed by atoms with Gasteiger partial charge in [-0.05, 0) is 12.8 Å². The van der Waals surface area contributed by atoms with Gasteiger partial charge in [-0.15, -0.1) is 0 Å². The smallest absolute Gasteiger partial charge is 0.351 e. The van der Waals surface area contributed by atoms with Crippen molar-refractivity contribution >= 4 is 11.9 Å². The topological polar surface area (TPSA) is 86.6 Å². The number of nitrogens with one attached hydrogen (secondary N) is 1. The summed E-state index contributed by atoms with van der Waals surface area (Å²) in [5.74, 6) is -2.12. The van der Waals surface area contributed by atoms with Crippen LogP contribution in [0.2, 0.25) is 0 Å². The summed E-state index contributed by atoms with van der Waals surface area (Å²) in [6, 6.07) is -0.763. The molecule has 5 nitrogen and oxygen atoms in total. The fourth-order valence-corrected chi connectivity index (χ4v) is 1.05. The van der Waals surface area contributed by atoms with Crippen LogP contribution in [0.4, 0.5) is 0 Å². The fraction of sp³-hybridized carbons (Fsp3) is 0.429. The Morgan fingerprint density at radius 2 is 2.17 bits per heavy atom. The van der Waals surface area contributed by atoms with E-state index >= 15 is 0 Å². The third-order valence-corrected chi connectivity index (χ3v) is 1.66. The Morgan fingerprint density at radius 3 is 2.67 bits per heavy atom. The molecular weight excluding hydrogens is 162 g/mol. The Bertz CT molecular complexity index is 246. The Kier molecular flexibility index (Phi) is 2.32. The van der Waals surface area contributed by atoms with Crippen molar-refractivity contribution in [3.05, 3.63) is 11.8 Å². The molecule has 0 radical (unpaired) electrons. The van der Waals surface area contributed by atoms with Gasteiger partial charge in [0.15, 0.2) is 0 Å². The summed E-state index contributed by atoms with van der Waals surface area (Å²) in [6.07, 6.45) is 2.42. The summed E-state index contributed by atoms with van der Waals surface area (Å²) in [5.41, 5.74) is -0.0198. The van der Waals surface area contributed by atoms with E-state index in [9.17, 15) is 9.59 Å². The van der Waals surface area contributed by atoms with Crippen LogP contribution in [0.15, 0.2) is 11.8 Å². The Morgan fingerprint density at radius 1 is 1.50 bits per heavy atom. The highest BCUT2D eigenvalue weighted by Gasteiger charge is 2.23. The lowest BCUT2D eigenvalue weighted by atomic mass is 10.1. The molecule has 12 heavy (non-hydrogen) atoms. The molecule has 1 atom stereocenters. The predicted octanol–water partition coefficient (Wildman–Crippen LogP) is -0.208. The molecule has 0 bridgehead atoms. The van der Waals surface area contributed by atoms with Gasteiger partial charge in [-0.2, -0.15) is 0 Å². The van der Waals surface area contributed by atoms with E-state index in [0.717, 1.165) is 0 Å². The molecule has 0 fully saturated rings. The molecule has 0 saturated carbocycles. The van der Waals surface area contributed by atoms with Gasteiger partial charge in [0.25, 0.3) is 0 Å². The van der Waals surface area contributed by atoms with Crippen molar-refractivity contribution in [3.8, 4) is 0 Å². The van der Waals surface area contributed by atoms with Crippen LogP contribution in [-0.4, -0.2) is 28.2 Å². The average molecular weight is 171 g/mol. The molecule has 0 amide bonds. The molecule has 1 rings (SSSR count). The third-order valence-electron chi connectivity index (χ3n) is 1.66. The maximum absolute atomic E-state index is 10.4. The predicted molar refractivity (Wildman–Crippen MR) is 39.5 cm³/mol. The first-order chi connectivity index (χ1) is 5.61. The minimum atomic E-state index is -1.11. The first-order valence-corrected chi connectivity index (χ1v) is 3.54. The molecule has 1 heterocycles. The van der Waals surface area contributed by atoms with Crippen molar-refractivity contribution < 1.29 is 19.8 Å². The zero-order valence-corrected chi connectivity index (χ0v) is 6.28. The van der Waals surface area contributed by atoms with Crippen LogP contribution in [0, 0.1) is 0 Å². The Hall–Kier alpha value is -1.52. The normalized spacial score (nSPS) is 22.3. The van der Waals surface area contributed by atoms with Gasteiger partial charge in [0.05, 0.1) is 0 Å². The summed E-state index contributed by atoms with van der Waals surface area (Å²) in [7, 11) is 0. The third kappa shape index (κ3) is 1.75. The van der Waals surface area contributed by atoms with Crippen LogP contribution < -0.4 is 5.32 Å². The van der Waals surface area contributed by atoms with Crippen LogP contribution in [0.25, 0.3) is 0 Å². The van der Waals surface area contributed by atoms with E-state index in [4.69, 9.17) is 10.2 Å². The molecule has 0 aromatic carbocycles. The highest BCUT2D eigenvalue weighted by atomic mass is 16.4. The van der Waals surface area contributed by atoms with Gasteiger partial charge in [-0.1, -0.05) is 6.08 Å². The second-order valence-corrected chi connectivity index (χ2v) is 2.54. The van der Waals surface area contributed by atoms with E-state index in [1.165, 1.54) is 6.08 Å². The molecule has 1 aliphatic rings. The number of allylic oxidation sites excluding steroid dienone is 1. The van der Waals surface area contributed by atoms with Crippen LogP contribution in [-0.2, 0) is 9.59 Å². The van der Waals surface area contributed by atoms with Gasteiger partial charge in [-0.25, -0.2) is 9.59 Å². The largest absolute Gasteiger partial charge is 0.480 e. The zero-order valence-electron chi connectivity index (χ0n) is 6.28. The van der Waals surface area contributed by atoms with Crippen molar-refractivity contribution in [2.24, 2.45) is 0 Å². The number of rotatable bonds is 2. The second kappa shape index (κ2) is 3.25. The lowest BCUT2D eigenvalue weighted by Gasteiger charge is -2.19. The molecule has 3 N–H and O–H groups in total. The number of aliphatic carboxylic acids is 2. The average Bonchev–Trinajstić information content (AvgIpc) is 2.04. The van der Waals surface area contributed by atoms with Gasteiger partial charge in [0.1, 0.15) is 11.7 Å². The summed E-state index contributed by atoms with van der Waals surface area (Å²) in [4.78, 5) is 20.8.